The van der Waals surface area contributed by atoms with E-state index in [1.807, 2.05) is 6.07 Å². The molecule has 1 amide bonds. The first kappa shape index (κ1) is 24.9. The van der Waals surface area contributed by atoms with Gasteiger partial charge in [-0.25, -0.2) is 18.1 Å². The molecule has 5 rings (SSSR count). The summed E-state index contributed by atoms with van der Waals surface area (Å²) in [6, 6.07) is 13.3. The van der Waals surface area contributed by atoms with Crippen LogP contribution in [0.5, 0.6) is 0 Å². The summed E-state index contributed by atoms with van der Waals surface area (Å²) in [5.74, 6) is -3.03. The van der Waals surface area contributed by atoms with Crippen molar-refractivity contribution in [3.8, 4) is 0 Å². The highest BCUT2D eigenvalue weighted by atomic mass is 35.5. The van der Waals surface area contributed by atoms with Crippen molar-refractivity contribution in [2.75, 3.05) is 19.6 Å². The van der Waals surface area contributed by atoms with Crippen LogP contribution in [-0.4, -0.2) is 25.5 Å². The molecule has 1 fully saturated rings. The van der Waals surface area contributed by atoms with Crippen molar-refractivity contribution in [1.29, 1.82) is 0 Å². The summed E-state index contributed by atoms with van der Waals surface area (Å²) in [6.07, 6.45) is -3.10. The Morgan fingerprint density at radius 1 is 1.00 bits per heavy atom. The van der Waals surface area contributed by atoms with Gasteiger partial charge in [0, 0.05) is 22.2 Å². The highest BCUT2D eigenvalue weighted by molar-refractivity contribution is 6.30. The summed E-state index contributed by atoms with van der Waals surface area (Å²) in [4.78, 5) is 14.2. The summed E-state index contributed by atoms with van der Waals surface area (Å²) in [6.45, 7) is 1.65. The standard InChI is InChI=1S/C27H23ClF5N2O/c28-19-8-9-23-21(14-19)26(10-12-34-13-11-26)16-35(23,25(36)20-2-1-3-22(29)24(20)30)15-17-4-6-18(7-5-17)27(31,32)33/h1-9,14,34H,10-13,15-16H2/q+1. The van der Waals surface area contributed by atoms with E-state index in [9.17, 15) is 26.7 Å². The smallest absolute Gasteiger partial charge is 0.317 e. The first-order valence-electron chi connectivity index (χ1n) is 11.6. The Balaban J connectivity index is 1.69. The number of amides is 1. The lowest BCUT2D eigenvalue weighted by Crippen LogP contribution is -2.56. The van der Waals surface area contributed by atoms with Crippen LogP contribution in [0.2, 0.25) is 5.02 Å². The highest BCUT2D eigenvalue weighted by Gasteiger charge is 2.58. The number of carbonyl (C=O) groups excluding carboxylic acids is 1. The summed E-state index contributed by atoms with van der Waals surface area (Å²) in [5.41, 5.74) is 0.303. The van der Waals surface area contributed by atoms with Crippen molar-refractivity contribution in [2.45, 2.75) is 31.0 Å². The molecule has 3 nitrogen and oxygen atoms in total. The molecule has 2 heterocycles. The van der Waals surface area contributed by atoms with Crippen molar-refractivity contribution in [3.05, 3.63) is 99.6 Å². The first-order chi connectivity index (χ1) is 17.1. The number of halogens is 6. The van der Waals surface area contributed by atoms with Gasteiger partial charge in [0.05, 0.1) is 11.0 Å². The number of carbonyl (C=O) groups is 1. The Morgan fingerprint density at radius 2 is 1.69 bits per heavy atom. The van der Waals surface area contributed by atoms with E-state index in [2.05, 4.69) is 5.32 Å². The molecule has 0 bridgehead atoms. The monoisotopic (exact) mass is 521 g/mol. The molecular weight excluding hydrogens is 499 g/mol. The molecule has 1 saturated heterocycles. The molecule has 2 aliphatic rings. The lowest BCUT2D eigenvalue weighted by molar-refractivity contribution is -0.137. The van der Waals surface area contributed by atoms with Crippen molar-refractivity contribution in [3.63, 3.8) is 0 Å². The number of nitrogens with one attached hydrogen (secondary N) is 1. The average molecular weight is 522 g/mol. The van der Waals surface area contributed by atoms with E-state index in [0.717, 1.165) is 23.8 Å². The van der Waals surface area contributed by atoms with Crippen molar-refractivity contribution in [2.24, 2.45) is 0 Å². The van der Waals surface area contributed by atoms with E-state index in [1.165, 1.54) is 24.3 Å². The van der Waals surface area contributed by atoms with Crippen LogP contribution in [0.25, 0.3) is 0 Å². The van der Waals surface area contributed by atoms with E-state index in [1.54, 1.807) is 12.1 Å². The molecule has 0 aliphatic carbocycles. The minimum Gasteiger partial charge on any atom is -0.317 e. The number of alkyl halides is 3. The fourth-order valence-corrected chi connectivity index (χ4v) is 5.90. The van der Waals surface area contributed by atoms with E-state index in [0.29, 0.717) is 42.2 Å². The molecular formula is C27H23ClF5N2O+. The molecule has 1 spiro atoms. The van der Waals surface area contributed by atoms with Gasteiger partial charge < -0.3 is 5.32 Å². The molecule has 0 radical (unpaired) electrons. The number of quaternary nitrogens is 1. The lowest BCUT2D eigenvalue weighted by Gasteiger charge is -2.37. The predicted octanol–water partition coefficient (Wildman–Crippen LogP) is 6.62. The maximum Gasteiger partial charge on any atom is 0.416 e. The Kier molecular flexibility index (Phi) is 6.17. The van der Waals surface area contributed by atoms with Gasteiger partial charge in [0.2, 0.25) is 0 Å². The summed E-state index contributed by atoms with van der Waals surface area (Å²) in [7, 11) is 0. The number of piperidine rings is 1. The topological polar surface area (TPSA) is 29.1 Å². The van der Waals surface area contributed by atoms with E-state index >= 15 is 0 Å². The van der Waals surface area contributed by atoms with E-state index < -0.39 is 40.3 Å². The number of nitrogens with zero attached hydrogens (tertiary/aromatic N) is 1. The molecule has 36 heavy (non-hydrogen) atoms. The van der Waals surface area contributed by atoms with Crippen LogP contribution in [0.4, 0.5) is 27.6 Å². The van der Waals surface area contributed by atoms with Crippen LogP contribution >= 0.6 is 11.6 Å². The van der Waals surface area contributed by atoms with Crippen molar-refractivity contribution >= 4 is 23.2 Å². The molecule has 1 N–H and O–H groups in total. The van der Waals surface area contributed by atoms with Gasteiger partial charge >= 0.3 is 12.1 Å². The zero-order chi connectivity index (χ0) is 25.7. The fraction of sp³-hybridized carbons (Fsp3) is 0.296. The Hall–Kier alpha value is -2.81. The molecule has 0 saturated carbocycles. The Morgan fingerprint density at radius 3 is 2.36 bits per heavy atom. The number of hydrogen-bond donors (Lipinski definition) is 1. The highest BCUT2D eigenvalue weighted by Crippen LogP contribution is 2.52. The Labute approximate surface area is 210 Å². The number of fused-ring (bicyclic) bond motifs is 2. The quantitative estimate of drug-likeness (QED) is 0.310. The SMILES string of the molecule is O=C(c1cccc(F)c1F)[N+]1(Cc2ccc(C(F)(F)F)cc2)CC2(CCNCC2)c2cc(Cl)ccc21. The van der Waals surface area contributed by atoms with Crippen LogP contribution in [0.1, 0.15) is 39.9 Å². The van der Waals surface area contributed by atoms with Crippen molar-refractivity contribution < 1.29 is 26.7 Å². The second-order valence-corrected chi connectivity index (χ2v) is 10.0. The second kappa shape index (κ2) is 8.94. The number of hydrogen-bond acceptors (Lipinski definition) is 2. The summed E-state index contributed by atoms with van der Waals surface area (Å²) >= 11 is 6.36. The second-order valence-electron chi connectivity index (χ2n) is 9.58. The molecule has 0 aromatic heterocycles. The number of benzene rings is 3. The van der Waals surface area contributed by atoms with Crippen LogP contribution in [0.15, 0.2) is 60.7 Å². The molecule has 3 aromatic carbocycles. The zero-order valence-electron chi connectivity index (χ0n) is 19.1. The third-order valence-electron chi connectivity index (χ3n) is 7.43. The minimum absolute atomic E-state index is 0.0171. The first-order valence-corrected chi connectivity index (χ1v) is 12.0. The largest absolute Gasteiger partial charge is 0.416 e. The predicted molar refractivity (Wildman–Crippen MR) is 128 cm³/mol. The molecule has 1 atom stereocenters. The van der Waals surface area contributed by atoms with Crippen LogP contribution in [-0.2, 0) is 18.1 Å². The van der Waals surface area contributed by atoms with Gasteiger partial charge in [0.1, 0.15) is 24.3 Å². The molecule has 9 heteroatoms. The molecule has 2 aliphatic heterocycles. The lowest BCUT2D eigenvalue weighted by atomic mass is 9.75. The summed E-state index contributed by atoms with van der Waals surface area (Å²) in [5, 5.41) is 3.81. The van der Waals surface area contributed by atoms with Gasteiger partial charge in [0.25, 0.3) is 0 Å². The minimum atomic E-state index is -4.50. The summed E-state index contributed by atoms with van der Waals surface area (Å²) < 4.78 is 68.2. The van der Waals surface area contributed by atoms with Crippen molar-refractivity contribution in [1.82, 2.24) is 9.80 Å². The van der Waals surface area contributed by atoms with Gasteiger partial charge in [-0.1, -0.05) is 29.8 Å². The van der Waals surface area contributed by atoms with Crippen LogP contribution in [0, 0.1) is 11.6 Å². The molecule has 188 valence electrons. The average Bonchev–Trinajstić information content (AvgIpc) is 3.09. The molecule has 3 aromatic rings. The number of rotatable bonds is 3. The maximum absolute atomic E-state index is 14.9. The van der Waals surface area contributed by atoms with Gasteiger partial charge in [-0.3, -0.25) is 0 Å². The van der Waals surface area contributed by atoms with Gasteiger partial charge in [-0.05, 0) is 62.3 Å². The third-order valence-corrected chi connectivity index (χ3v) is 7.66. The van der Waals surface area contributed by atoms with Crippen LogP contribution in [0.3, 0.4) is 0 Å². The maximum atomic E-state index is 14.9. The third kappa shape index (κ3) is 4.11. The van der Waals surface area contributed by atoms with Gasteiger partial charge in [-0.2, -0.15) is 13.2 Å². The zero-order valence-corrected chi connectivity index (χ0v) is 19.9. The fourth-order valence-electron chi connectivity index (χ4n) is 5.73. The molecule has 1 unspecified atom stereocenters. The van der Waals surface area contributed by atoms with E-state index in [4.69, 9.17) is 11.6 Å². The van der Waals surface area contributed by atoms with Gasteiger partial charge in [0.15, 0.2) is 11.6 Å². The Bertz CT molecular complexity index is 1320. The normalized spacial score (nSPS) is 20.9. The van der Waals surface area contributed by atoms with Gasteiger partial charge in [-0.15, -0.1) is 0 Å². The van der Waals surface area contributed by atoms with E-state index in [-0.39, 0.29) is 17.6 Å². The van der Waals surface area contributed by atoms with Crippen LogP contribution < -0.4 is 9.80 Å².